The van der Waals surface area contributed by atoms with E-state index in [9.17, 15) is 0 Å². The maximum absolute atomic E-state index is 6.24. The van der Waals surface area contributed by atoms with Gasteiger partial charge in [0.15, 0.2) is 0 Å². The molecular formula is C14H21N3. The van der Waals surface area contributed by atoms with Crippen molar-refractivity contribution in [3.05, 3.63) is 30.1 Å². The van der Waals surface area contributed by atoms with Gasteiger partial charge < -0.3 is 5.73 Å². The minimum Gasteiger partial charge on any atom is -0.327 e. The second-order valence-corrected chi connectivity index (χ2v) is 5.57. The lowest BCUT2D eigenvalue weighted by Crippen LogP contribution is -2.38. The van der Waals surface area contributed by atoms with Gasteiger partial charge in [0.1, 0.15) is 0 Å². The average molecular weight is 231 g/mol. The Labute approximate surface area is 103 Å². The van der Waals surface area contributed by atoms with E-state index in [2.05, 4.69) is 16.0 Å². The third-order valence-electron chi connectivity index (χ3n) is 4.36. The molecule has 0 bridgehead atoms. The van der Waals surface area contributed by atoms with Crippen LogP contribution in [0.5, 0.6) is 0 Å². The molecule has 1 saturated carbocycles. The van der Waals surface area contributed by atoms with Crippen molar-refractivity contribution in [1.29, 1.82) is 0 Å². The molecule has 3 atom stereocenters. The first kappa shape index (κ1) is 11.2. The Bertz CT molecular complexity index is 365. The summed E-state index contributed by atoms with van der Waals surface area (Å²) in [4.78, 5) is 6.73. The Morgan fingerprint density at radius 1 is 1.35 bits per heavy atom. The Morgan fingerprint density at radius 2 is 2.29 bits per heavy atom. The number of nitrogens with two attached hydrogens (primary N) is 1. The molecule has 92 valence electrons. The summed E-state index contributed by atoms with van der Waals surface area (Å²) < 4.78 is 0. The predicted octanol–water partition coefficient (Wildman–Crippen LogP) is 1.64. The van der Waals surface area contributed by atoms with E-state index in [4.69, 9.17) is 5.73 Å². The van der Waals surface area contributed by atoms with Gasteiger partial charge in [0.2, 0.25) is 0 Å². The highest BCUT2D eigenvalue weighted by molar-refractivity contribution is 5.09. The van der Waals surface area contributed by atoms with Crippen LogP contribution in [0.2, 0.25) is 0 Å². The molecule has 3 nitrogen and oxygen atoms in total. The van der Waals surface area contributed by atoms with Crippen molar-refractivity contribution in [3.8, 4) is 0 Å². The van der Waals surface area contributed by atoms with E-state index in [1.165, 1.54) is 37.9 Å². The number of fused-ring (bicyclic) bond motifs is 1. The Hall–Kier alpha value is -0.930. The molecule has 0 spiro atoms. The van der Waals surface area contributed by atoms with Gasteiger partial charge in [-0.2, -0.15) is 0 Å². The molecule has 1 saturated heterocycles. The molecule has 2 heterocycles. The molecule has 2 N–H and O–H groups in total. The lowest BCUT2D eigenvalue weighted by molar-refractivity contribution is 0.259. The smallest absolute Gasteiger partial charge is 0.0312 e. The molecule has 2 fully saturated rings. The number of pyridine rings is 1. The lowest BCUT2D eigenvalue weighted by atomic mass is 9.78. The van der Waals surface area contributed by atoms with Crippen LogP contribution in [0.1, 0.15) is 24.8 Å². The Balaban J connectivity index is 1.64. The molecule has 3 heteroatoms. The fraction of sp³-hybridized carbons (Fsp3) is 0.643. The molecule has 1 aromatic heterocycles. The number of aromatic nitrogens is 1. The third-order valence-corrected chi connectivity index (χ3v) is 4.36. The normalized spacial score (nSPS) is 33.6. The number of likely N-dealkylation sites (tertiary alicyclic amines) is 1. The van der Waals surface area contributed by atoms with Crippen molar-refractivity contribution >= 4 is 0 Å². The quantitative estimate of drug-likeness (QED) is 0.841. The standard InChI is InChI=1S/C14H21N3/c15-14-5-1-4-12-9-17(10-13(12)14)8-11-3-2-6-16-7-11/h2-3,6-7,12-14H,1,4-5,8-10,15H2. The van der Waals surface area contributed by atoms with Crippen LogP contribution in [-0.2, 0) is 6.54 Å². The van der Waals surface area contributed by atoms with Gasteiger partial charge in [0, 0.05) is 38.1 Å². The molecular weight excluding hydrogens is 210 g/mol. The number of hydrogen-bond donors (Lipinski definition) is 1. The summed E-state index contributed by atoms with van der Waals surface area (Å²) in [7, 11) is 0. The first-order chi connectivity index (χ1) is 8.33. The van der Waals surface area contributed by atoms with Gasteiger partial charge in [-0.05, 0) is 36.3 Å². The molecule has 3 unspecified atom stereocenters. The summed E-state index contributed by atoms with van der Waals surface area (Å²) >= 11 is 0. The van der Waals surface area contributed by atoms with Gasteiger partial charge in [-0.3, -0.25) is 9.88 Å². The summed E-state index contributed by atoms with van der Waals surface area (Å²) in [6.45, 7) is 3.45. The summed E-state index contributed by atoms with van der Waals surface area (Å²) in [6.07, 6.45) is 7.73. The van der Waals surface area contributed by atoms with E-state index in [1.807, 2.05) is 18.5 Å². The molecule has 1 aliphatic carbocycles. The van der Waals surface area contributed by atoms with Gasteiger partial charge in [-0.15, -0.1) is 0 Å². The fourth-order valence-corrected chi connectivity index (χ4v) is 3.49. The molecule has 0 aromatic carbocycles. The monoisotopic (exact) mass is 231 g/mol. The minimum absolute atomic E-state index is 0.438. The van der Waals surface area contributed by atoms with Crippen molar-refractivity contribution in [2.75, 3.05) is 13.1 Å². The SMILES string of the molecule is NC1CCCC2CN(Cc3cccnc3)CC12. The molecule has 2 aliphatic rings. The maximum Gasteiger partial charge on any atom is 0.0312 e. The van der Waals surface area contributed by atoms with Crippen LogP contribution in [-0.4, -0.2) is 29.0 Å². The van der Waals surface area contributed by atoms with Gasteiger partial charge >= 0.3 is 0 Å². The van der Waals surface area contributed by atoms with Crippen molar-refractivity contribution in [1.82, 2.24) is 9.88 Å². The summed E-state index contributed by atoms with van der Waals surface area (Å²) in [6, 6.07) is 4.62. The zero-order valence-corrected chi connectivity index (χ0v) is 10.3. The van der Waals surface area contributed by atoms with Crippen LogP contribution < -0.4 is 5.73 Å². The molecule has 0 radical (unpaired) electrons. The first-order valence-electron chi connectivity index (χ1n) is 6.70. The van der Waals surface area contributed by atoms with Crippen molar-refractivity contribution in [3.63, 3.8) is 0 Å². The third kappa shape index (κ3) is 2.35. The Morgan fingerprint density at radius 3 is 3.06 bits per heavy atom. The van der Waals surface area contributed by atoms with E-state index in [1.54, 1.807) is 0 Å². The number of nitrogens with zero attached hydrogens (tertiary/aromatic N) is 2. The van der Waals surface area contributed by atoms with Crippen LogP contribution in [0, 0.1) is 11.8 Å². The zero-order chi connectivity index (χ0) is 11.7. The van der Waals surface area contributed by atoms with Gasteiger partial charge in [0.25, 0.3) is 0 Å². The minimum atomic E-state index is 0.438. The molecule has 3 rings (SSSR count). The number of hydrogen-bond acceptors (Lipinski definition) is 3. The van der Waals surface area contributed by atoms with Gasteiger partial charge in [-0.25, -0.2) is 0 Å². The summed E-state index contributed by atoms with van der Waals surface area (Å²) in [5, 5.41) is 0. The zero-order valence-electron chi connectivity index (χ0n) is 10.3. The molecule has 1 aromatic rings. The lowest BCUT2D eigenvalue weighted by Gasteiger charge is -2.29. The van der Waals surface area contributed by atoms with Gasteiger partial charge in [-0.1, -0.05) is 12.5 Å². The largest absolute Gasteiger partial charge is 0.327 e. The van der Waals surface area contributed by atoms with Crippen molar-refractivity contribution < 1.29 is 0 Å². The fourth-order valence-electron chi connectivity index (χ4n) is 3.49. The van der Waals surface area contributed by atoms with E-state index >= 15 is 0 Å². The van der Waals surface area contributed by atoms with Gasteiger partial charge in [0.05, 0.1) is 0 Å². The average Bonchev–Trinajstić information content (AvgIpc) is 2.74. The van der Waals surface area contributed by atoms with E-state index < -0.39 is 0 Å². The topological polar surface area (TPSA) is 42.1 Å². The highest BCUT2D eigenvalue weighted by atomic mass is 15.2. The van der Waals surface area contributed by atoms with Crippen molar-refractivity contribution in [2.24, 2.45) is 17.6 Å². The first-order valence-corrected chi connectivity index (χ1v) is 6.70. The van der Waals surface area contributed by atoms with E-state index in [-0.39, 0.29) is 0 Å². The van der Waals surface area contributed by atoms with Crippen LogP contribution in [0.25, 0.3) is 0 Å². The Kier molecular flexibility index (Phi) is 3.12. The highest BCUT2D eigenvalue weighted by Gasteiger charge is 2.38. The highest BCUT2D eigenvalue weighted by Crippen LogP contribution is 2.35. The van der Waals surface area contributed by atoms with Crippen LogP contribution in [0.4, 0.5) is 0 Å². The van der Waals surface area contributed by atoms with E-state index in [0.29, 0.717) is 6.04 Å². The predicted molar refractivity (Wildman–Crippen MR) is 68.3 cm³/mol. The van der Waals surface area contributed by atoms with E-state index in [0.717, 1.165) is 18.4 Å². The van der Waals surface area contributed by atoms with Crippen LogP contribution in [0.15, 0.2) is 24.5 Å². The summed E-state index contributed by atoms with van der Waals surface area (Å²) in [5.41, 5.74) is 7.56. The second kappa shape index (κ2) is 4.75. The molecule has 17 heavy (non-hydrogen) atoms. The van der Waals surface area contributed by atoms with Crippen molar-refractivity contribution in [2.45, 2.75) is 31.8 Å². The number of rotatable bonds is 2. The summed E-state index contributed by atoms with van der Waals surface area (Å²) in [5.74, 6) is 1.58. The second-order valence-electron chi connectivity index (χ2n) is 5.57. The van der Waals surface area contributed by atoms with Crippen LogP contribution in [0.3, 0.4) is 0 Å². The van der Waals surface area contributed by atoms with Crippen LogP contribution >= 0.6 is 0 Å². The maximum atomic E-state index is 6.24. The molecule has 1 aliphatic heterocycles. The molecule has 0 amide bonds.